The second-order valence-corrected chi connectivity index (χ2v) is 7.70. The first kappa shape index (κ1) is 17.1. The van der Waals surface area contributed by atoms with Gasteiger partial charge in [-0.2, -0.15) is 0 Å². The van der Waals surface area contributed by atoms with Crippen molar-refractivity contribution in [1.29, 1.82) is 0 Å². The van der Waals surface area contributed by atoms with Crippen LogP contribution in [0.15, 0.2) is 46.8 Å². The molecule has 0 amide bonds. The van der Waals surface area contributed by atoms with E-state index >= 15 is 0 Å². The van der Waals surface area contributed by atoms with E-state index in [4.69, 9.17) is 9.72 Å². The second kappa shape index (κ2) is 6.75. The summed E-state index contributed by atoms with van der Waals surface area (Å²) in [5, 5.41) is 0. The Hall–Kier alpha value is -2.36. The van der Waals surface area contributed by atoms with E-state index in [0.717, 1.165) is 54.6 Å². The second-order valence-electron chi connectivity index (χ2n) is 7.70. The lowest BCUT2D eigenvalue weighted by molar-refractivity contribution is 0.415. The highest BCUT2D eigenvalue weighted by atomic mass is 16.5. The third kappa shape index (κ3) is 3.20. The number of H-pyrrole nitrogens is 1. The predicted octanol–water partition coefficient (Wildman–Crippen LogP) is 4.66. The summed E-state index contributed by atoms with van der Waals surface area (Å²) >= 11 is 0. The summed E-state index contributed by atoms with van der Waals surface area (Å²) in [6.45, 7) is 2.26. The molecule has 1 atom stereocenters. The number of aromatic amines is 1. The number of benzene rings is 1. The van der Waals surface area contributed by atoms with Gasteiger partial charge in [0.15, 0.2) is 0 Å². The lowest BCUT2D eigenvalue weighted by atomic mass is 9.92. The van der Waals surface area contributed by atoms with Crippen molar-refractivity contribution in [2.45, 2.75) is 50.9 Å². The van der Waals surface area contributed by atoms with Crippen LogP contribution in [0.2, 0.25) is 0 Å². The number of allylic oxidation sites excluding steroid dienone is 4. The molecule has 0 radical (unpaired) electrons. The van der Waals surface area contributed by atoms with Gasteiger partial charge in [0.1, 0.15) is 11.4 Å². The normalized spacial score (nSPS) is 20.4. The summed E-state index contributed by atoms with van der Waals surface area (Å²) in [7, 11) is 1.62. The molecule has 4 rings (SSSR count). The average Bonchev–Trinajstić information content (AvgIpc) is 3.32. The van der Waals surface area contributed by atoms with E-state index < -0.39 is 0 Å². The lowest BCUT2D eigenvalue weighted by Gasteiger charge is -2.15. The van der Waals surface area contributed by atoms with Gasteiger partial charge in [0.05, 0.1) is 18.1 Å². The van der Waals surface area contributed by atoms with Gasteiger partial charge in [-0.3, -0.25) is 4.79 Å². The zero-order chi connectivity index (χ0) is 18.1. The maximum atomic E-state index is 12.6. The van der Waals surface area contributed by atoms with Gasteiger partial charge in [0, 0.05) is 11.5 Å². The highest BCUT2D eigenvalue weighted by Gasteiger charge is 2.46. The Morgan fingerprint density at radius 2 is 2.15 bits per heavy atom. The van der Waals surface area contributed by atoms with Crippen LogP contribution in [0.25, 0.3) is 11.0 Å². The summed E-state index contributed by atoms with van der Waals surface area (Å²) in [5.41, 5.74) is 3.79. The fourth-order valence-electron chi connectivity index (χ4n) is 4.03. The quantitative estimate of drug-likeness (QED) is 0.739. The van der Waals surface area contributed by atoms with E-state index in [1.165, 1.54) is 12.0 Å². The minimum atomic E-state index is -0.0421. The minimum Gasteiger partial charge on any atom is -0.497 e. The van der Waals surface area contributed by atoms with Crippen molar-refractivity contribution >= 4 is 11.0 Å². The Morgan fingerprint density at radius 1 is 1.31 bits per heavy atom. The highest BCUT2D eigenvalue weighted by Crippen LogP contribution is 2.50. The Morgan fingerprint density at radius 3 is 2.85 bits per heavy atom. The largest absolute Gasteiger partial charge is 0.497 e. The third-order valence-electron chi connectivity index (χ3n) is 5.92. The summed E-state index contributed by atoms with van der Waals surface area (Å²) in [4.78, 5) is 20.4. The van der Waals surface area contributed by atoms with Crippen molar-refractivity contribution in [2.24, 2.45) is 5.92 Å². The standard InChI is InChI=1S/C22H26N2O2/c1-15-6-5-8-16(15)7-3-4-11-22(12-13-22)20-21(25)24-19-14-17(26-2)9-10-18(19)23-20/h5-6,8-10,14-15H,3-4,7,11-13H2,1-2H3,(H,24,25). The molecule has 0 bridgehead atoms. The van der Waals surface area contributed by atoms with Crippen LogP contribution < -0.4 is 10.3 Å². The molecule has 4 nitrogen and oxygen atoms in total. The summed E-state index contributed by atoms with van der Waals surface area (Å²) in [5.74, 6) is 1.32. The predicted molar refractivity (Wildman–Crippen MR) is 105 cm³/mol. The molecule has 1 unspecified atom stereocenters. The molecule has 1 saturated carbocycles. The zero-order valence-electron chi connectivity index (χ0n) is 15.5. The Labute approximate surface area is 154 Å². The topological polar surface area (TPSA) is 55.0 Å². The van der Waals surface area contributed by atoms with Crippen molar-refractivity contribution in [3.8, 4) is 5.75 Å². The number of fused-ring (bicyclic) bond motifs is 1. The molecule has 1 N–H and O–H groups in total. The highest BCUT2D eigenvalue weighted by molar-refractivity contribution is 5.76. The molecule has 4 heteroatoms. The van der Waals surface area contributed by atoms with E-state index in [-0.39, 0.29) is 11.0 Å². The fraction of sp³-hybridized carbons (Fsp3) is 0.455. The van der Waals surface area contributed by atoms with Crippen LogP contribution in [0, 0.1) is 5.92 Å². The summed E-state index contributed by atoms with van der Waals surface area (Å²) < 4.78 is 5.23. The molecule has 2 aromatic rings. The zero-order valence-corrected chi connectivity index (χ0v) is 15.5. The molecule has 0 aliphatic heterocycles. The van der Waals surface area contributed by atoms with E-state index in [2.05, 4.69) is 30.1 Å². The van der Waals surface area contributed by atoms with Crippen molar-refractivity contribution in [1.82, 2.24) is 9.97 Å². The Kier molecular flexibility index (Phi) is 4.43. The molecule has 1 aromatic heterocycles. The van der Waals surface area contributed by atoms with Gasteiger partial charge in [-0.05, 0) is 50.2 Å². The van der Waals surface area contributed by atoms with Gasteiger partial charge < -0.3 is 9.72 Å². The summed E-state index contributed by atoms with van der Waals surface area (Å²) in [6, 6.07) is 5.64. The van der Waals surface area contributed by atoms with Crippen molar-refractivity contribution in [2.75, 3.05) is 7.11 Å². The van der Waals surface area contributed by atoms with Gasteiger partial charge in [-0.25, -0.2) is 4.98 Å². The molecule has 26 heavy (non-hydrogen) atoms. The van der Waals surface area contributed by atoms with Gasteiger partial charge in [-0.15, -0.1) is 0 Å². The number of nitrogens with zero attached hydrogens (tertiary/aromatic N) is 1. The maximum Gasteiger partial charge on any atom is 0.270 e. The number of ether oxygens (including phenoxy) is 1. The number of hydrogen-bond acceptors (Lipinski definition) is 3. The molecular weight excluding hydrogens is 324 g/mol. The molecule has 136 valence electrons. The summed E-state index contributed by atoms with van der Waals surface area (Å²) in [6.07, 6.45) is 13.4. The van der Waals surface area contributed by atoms with Crippen molar-refractivity contribution < 1.29 is 4.74 Å². The van der Waals surface area contributed by atoms with Crippen LogP contribution >= 0.6 is 0 Å². The number of aromatic nitrogens is 2. The molecular formula is C22H26N2O2. The maximum absolute atomic E-state index is 12.6. The lowest BCUT2D eigenvalue weighted by Crippen LogP contribution is -2.23. The average molecular weight is 350 g/mol. The number of hydrogen-bond donors (Lipinski definition) is 1. The number of rotatable bonds is 7. The van der Waals surface area contributed by atoms with Gasteiger partial charge in [-0.1, -0.05) is 37.1 Å². The smallest absolute Gasteiger partial charge is 0.270 e. The van der Waals surface area contributed by atoms with Crippen LogP contribution in [0.3, 0.4) is 0 Å². The van der Waals surface area contributed by atoms with Crippen LogP contribution in [0.1, 0.15) is 51.1 Å². The van der Waals surface area contributed by atoms with Crippen LogP contribution in [-0.4, -0.2) is 17.1 Å². The van der Waals surface area contributed by atoms with Crippen LogP contribution in [-0.2, 0) is 5.41 Å². The van der Waals surface area contributed by atoms with E-state index in [0.29, 0.717) is 5.92 Å². The molecule has 2 aliphatic rings. The molecule has 1 fully saturated rings. The van der Waals surface area contributed by atoms with E-state index in [9.17, 15) is 4.79 Å². The number of unbranched alkanes of at least 4 members (excludes halogenated alkanes) is 1. The third-order valence-corrected chi connectivity index (χ3v) is 5.92. The molecule has 0 spiro atoms. The minimum absolute atomic E-state index is 0.00434. The first-order valence-corrected chi connectivity index (χ1v) is 9.57. The first-order chi connectivity index (χ1) is 12.6. The monoisotopic (exact) mass is 350 g/mol. The van der Waals surface area contributed by atoms with Gasteiger partial charge in [0.2, 0.25) is 0 Å². The van der Waals surface area contributed by atoms with Crippen molar-refractivity contribution in [3.63, 3.8) is 0 Å². The van der Waals surface area contributed by atoms with E-state index in [1.54, 1.807) is 7.11 Å². The molecule has 0 saturated heterocycles. The van der Waals surface area contributed by atoms with E-state index in [1.807, 2.05) is 18.2 Å². The first-order valence-electron chi connectivity index (χ1n) is 9.57. The number of nitrogens with one attached hydrogen (secondary N) is 1. The van der Waals surface area contributed by atoms with Crippen LogP contribution in [0.5, 0.6) is 5.75 Å². The van der Waals surface area contributed by atoms with Gasteiger partial charge in [0.25, 0.3) is 5.56 Å². The number of methoxy groups -OCH3 is 1. The Balaban J connectivity index is 1.46. The molecule has 1 aromatic carbocycles. The Bertz CT molecular complexity index is 935. The molecule has 1 heterocycles. The van der Waals surface area contributed by atoms with Crippen molar-refractivity contribution in [3.05, 3.63) is 58.0 Å². The van der Waals surface area contributed by atoms with Gasteiger partial charge >= 0.3 is 0 Å². The van der Waals surface area contributed by atoms with Crippen LogP contribution in [0.4, 0.5) is 0 Å². The fourth-order valence-corrected chi connectivity index (χ4v) is 4.03. The molecule has 2 aliphatic carbocycles. The SMILES string of the molecule is COc1ccc2nc(C3(CCCCC4=CC=CC4C)CC3)c(=O)[nH]c2c1.